The van der Waals surface area contributed by atoms with Crippen LogP contribution in [0.5, 0.6) is 0 Å². The largest absolute Gasteiger partial charge is 0.462 e. The Bertz CT molecular complexity index is 1270. The van der Waals surface area contributed by atoms with E-state index in [9.17, 15) is 14.4 Å². The van der Waals surface area contributed by atoms with E-state index in [1.807, 2.05) is 0 Å². The fraction of sp³-hybridized carbons (Fsp3) is 0.836. The van der Waals surface area contributed by atoms with Gasteiger partial charge in [0, 0.05) is 19.3 Å². The van der Waals surface area contributed by atoms with Crippen molar-refractivity contribution in [2.24, 2.45) is 0 Å². The standard InChI is InChI=1S/C67H122O6/c1-4-7-10-13-16-19-22-25-28-30-32-33-35-37-40-43-46-49-52-55-58-61-67(70)73-64(62-71-65(68)59-56-53-50-47-44-41-38-27-24-21-18-15-12-9-6-3)63-72-66(69)60-57-54-51-48-45-42-39-36-34-31-29-26-23-20-17-14-11-8-5-2/h9,12,18,21,26-27,29,38,64H,4-8,10-11,13-17,19-20,22-25,28,30-37,39-63H2,1-3H3/b12-9-,21-18-,29-26-,38-27-/t64-/m1/s1. The third-order valence-electron chi connectivity index (χ3n) is 14.3. The molecule has 0 fully saturated rings. The molecule has 6 nitrogen and oxygen atoms in total. The Hall–Kier alpha value is -2.63. The monoisotopic (exact) mass is 1020 g/mol. The van der Waals surface area contributed by atoms with E-state index in [0.717, 1.165) is 96.3 Å². The van der Waals surface area contributed by atoms with Crippen LogP contribution in [0.25, 0.3) is 0 Å². The Morgan fingerprint density at radius 3 is 0.849 bits per heavy atom. The first-order valence-electron chi connectivity index (χ1n) is 32.1. The minimum absolute atomic E-state index is 0.0763. The van der Waals surface area contributed by atoms with Crippen molar-refractivity contribution in [3.8, 4) is 0 Å². The van der Waals surface area contributed by atoms with Crippen molar-refractivity contribution in [2.45, 2.75) is 348 Å². The Labute approximate surface area is 454 Å². The van der Waals surface area contributed by atoms with E-state index < -0.39 is 6.10 Å². The van der Waals surface area contributed by atoms with Gasteiger partial charge in [-0.25, -0.2) is 0 Å². The van der Waals surface area contributed by atoms with Crippen LogP contribution in [0.4, 0.5) is 0 Å². The van der Waals surface area contributed by atoms with E-state index >= 15 is 0 Å². The number of hydrogen-bond acceptors (Lipinski definition) is 6. The van der Waals surface area contributed by atoms with Crippen molar-refractivity contribution in [1.29, 1.82) is 0 Å². The van der Waals surface area contributed by atoms with E-state index in [1.165, 1.54) is 205 Å². The molecule has 0 aliphatic carbocycles. The predicted molar refractivity (Wildman–Crippen MR) is 316 cm³/mol. The molecule has 73 heavy (non-hydrogen) atoms. The van der Waals surface area contributed by atoms with Crippen LogP contribution in [0, 0.1) is 0 Å². The van der Waals surface area contributed by atoms with Gasteiger partial charge in [0.15, 0.2) is 6.10 Å². The summed E-state index contributed by atoms with van der Waals surface area (Å²) in [4.78, 5) is 38.3. The summed E-state index contributed by atoms with van der Waals surface area (Å²) < 4.78 is 16.9. The van der Waals surface area contributed by atoms with Gasteiger partial charge in [-0.1, -0.05) is 294 Å². The molecule has 426 valence electrons. The summed E-state index contributed by atoms with van der Waals surface area (Å²) in [6, 6.07) is 0. The third kappa shape index (κ3) is 60.1. The molecule has 0 rings (SSSR count). The summed E-state index contributed by atoms with van der Waals surface area (Å²) in [5.74, 6) is -0.874. The fourth-order valence-corrected chi connectivity index (χ4v) is 9.51. The summed E-state index contributed by atoms with van der Waals surface area (Å²) in [6.07, 6.45) is 76.9. The minimum Gasteiger partial charge on any atom is -0.462 e. The molecular formula is C67H122O6. The van der Waals surface area contributed by atoms with E-state index in [0.29, 0.717) is 19.3 Å². The summed E-state index contributed by atoms with van der Waals surface area (Å²) >= 11 is 0. The van der Waals surface area contributed by atoms with Crippen LogP contribution in [0.2, 0.25) is 0 Å². The first-order valence-corrected chi connectivity index (χ1v) is 32.1. The van der Waals surface area contributed by atoms with E-state index in [2.05, 4.69) is 69.4 Å². The van der Waals surface area contributed by atoms with Gasteiger partial charge < -0.3 is 14.2 Å². The molecule has 0 aromatic rings. The van der Waals surface area contributed by atoms with Gasteiger partial charge in [-0.2, -0.15) is 0 Å². The van der Waals surface area contributed by atoms with Crippen LogP contribution in [-0.2, 0) is 28.6 Å². The van der Waals surface area contributed by atoms with Crippen molar-refractivity contribution < 1.29 is 28.6 Å². The van der Waals surface area contributed by atoms with Crippen LogP contribution in [0.1, 0.15) is 342 Å². The first-order chi connectivity index (χ1) is 36.0. The number of esters is 3. The molecular weight excluding hydrogens is 901 g/mol. The Morgan fingerprint density at radius 1 is 0.288 bits per heavy atom. The maximum absolute atomic E-state index is 12.9. The summed E-state index contributed by atoms with van der Waals surface area (Å²) in [6.45, 7) is 6.57. The lowest BCUT2D eigenvalue weighted by Gasteiger charge is -2.18. The van der Waals surface area contributed by atoms with E-state index in [1.54, 1.807) is 0 Å². The second-order valence-corrected chi connectivity index (χ2v) is 21.6. The van der Waals surface area contributed by atoms with Crippen molar-refractivity contribution in [3.05, 3.63) is 48.6 Å². The van der Waals surface area contributed by atoms with Crippen molar-refractivity contribution in [2.75, 3.05) is 13.2 Å². The Morgan fingerprint density at radius 2 is 0.534 bits per heavy atom. The highest BCUT2D eigenvalue weighted by atomic mass is 16.6. The Balaban J connectivity index is 4.33. The zero-order valence-electron chi connectivity index (χ0n) is 48.9. The van der Waals surface area contributed by atoms with Gasteiger partial charge in [-0.15, -0.1) is 0 Å². The van der Waals surface area contributed by atoms with Crippen LogP contribution < -0.4 is 0 Å². The minimum atomic E-state index is -0.780. The lowest BCUT2D eigenvalue weighted by atomic mass is 10.0. The predicted octanol–water partition coefficient (Wildman–Crippen LogP) is 21.8. The molecule has 0 unspecified atom stereocenters. The molecule has 1 atom stereocenters. The van der Waals surface area contributed by atoms with Crippen LogP contribution in [0.3, 0.4) is 0 Å². The van der Waals surface area contributed by atoms with Gasteiger partial charge in [0.1, 0.15) is 13.2 Å². The van der Waals surface area contributed by atoms with Crippen molar-refractivity contribution in [1.82, 2.24) is 0 Å². The fourth-order valence-electron chi connectivity index (χ4n) is 9.51. The maximum atomic E-state index is 12.9. The van der Waals surface area contributed by atoms with Gasteiger partial charge >= 0.3 is 17.9 Å². The molecule has 0 aliphatic rings. The second-order valence-electron chi connectivity index (χ2n) is 21.6. The van der Waals surface area contributed by atoms with Crippen LogP contribution in [0.15, 0.2) is 48.6 Å². The molecule has 0 radical (unpaired) electrons. The zero-order valence-corrected chi connectivity index (χ0v) is 48.9. The normalized spacial score (nSPS) is 12.3. The topological polar surface area (TPSA) is 78.9 Å². The molecule has 0 amide bonds. The number of unbranched alkanes of at least 4 members (excludes halogenated alkanes) is 40. The number of carbonyl (C=O) groups is 3. The molecule has 0 aromatic heterocycles. The zero-order chi connectivity index (χ0) is 52.9. The maximum Gasteiger partial charge on any atom is 0.306 e. The van der Waals surface area contributed by atoms with Gasteiger partial charge in [0.25, 0.3) is 0 Å². The number of ether oxygens (including phenoxy) is 3. The SMILES string of the molecule is CC/C=C\C/C=C\C/C=C\CCCCCCCC(=O)OC[C@H](COC(=O)CCCCCCCCCCC/C=C\CCCCCCCC)OC(=O)CCCCCCCCCCCCCCCCCCCCCCC. The molecule has 0 bridgehead atoms. The summed E-state index contributed by atoms with van der Waals surface area (Å²) in [5.41, 5.74) is 0. The second kappa shape index (κ2) is 61.9. The van der Waals surface area contributed by atoms with Gasteiger partial charge in [0.2, 0.25) is 0 Å². The quantitative estimate of drug-likeness (QED) is 0.0261. The van der Waals surface area contributed by atoms with Crippen molar-refractivity contribution >= 4 is 17.9 Å². The molecule has 0 aromatic carbocycles. The highest BCUT2D eigenvalue weighted by molar-refractivity contribution is 5.71. The lowest BCUT2D eigenvalue weighted by Crippen LogP contribution is -2.30. The molecule has 0 heterocycles. The lowest BCUT2D eigenvalue weighted by molar-refractivity contribution is -0.167. The Kier molecular flexibility index (Phi) is 59.7. The third-order valence-corrected chi connectivity index (χ3v) is 14.3. The van der Waals surface area contributed by atoms with Gasteiger partial charge in [-0.05, 0) is 77.0 Å². The number of hydrogen-bond donors (Lipinski definition) is 0. The number of carbonyl (C=O) groups excluding carboxylic acids is 3. The van der Waals surface area contributed by atoms with Crippen LogP contribution >= 0.6 is 0 Å². The molecule has 0 saturated carbocycles. The van der Waals surface area contributed by atoms with Crippen molar-refractivity contribution in [3.63, 3.8) is 0 Å². The molecule has 0 spiro atoms. The molecule has 0 saturated heterocycles. The highest BCUT2D eigenvalue weighted by Gasteiger charge is 2.19. The van der Waals surface area contributed by atoms with Gasteiger partial charge in [0.05, 0.1) is 0 Å². The van der Waals surface area contributed by atoms with E-state index in [-0.39, 0.29) is 31.1 Å². The van der Waals surface area contributed by atoms with Crippen LogP contribution in [-0.4, -0.2) is 37.2 Å². The van der Waals surface area contributed by atoms with Gasteiger partial charge in [-0.3, -0.25) is 14.4 Å². The molecule has 0 N–H and O–H groups in total. The first kappa shape index (κ1) is 70.4. The average Bonchev–Trinajstić information content (AvgIpc) is 3.39. The molecule has 0 aliphatic heterocycles. The number of rotatable bonds is 59. The molecule has 6 heteroatoms. The van der Waals surface area contributed by atoms with E-state index in [4.69, 9.17) is 14.2 Å². The highest BCUT2D eigenvalue weighted by Crippen LogP contribution is 2.17. The smallest absolute Gasteiger partial charge is 0.306 e. The summed E-state index contributed by atoms with van der Waals surface area (Å²) in [7, 11) is 0. The average molecular weight is 1020 g/mol. The summed E-state index contributed by atoms with van der Waals surface area (Å²) in [5, 5.41) is 0. The number of allylic oxidation sites excluding steroid dienone is 8.